The second kappa shape index (κ2) is 8.49. The zero-order chi connectivity index (χ0) is 23.0. The van der Waals surface area contributed by atoms with E-state index >= 15 is 0 Å². The van der Waals surface area contributed by atoms with Crippen molar-refractivity contribution in [1.29, 1.82) is 0 Å². The molecule has 0 aliphatic carbocycles. The molecule has 0 fully saturated rings. The van der Waals surface area contributed by atoms with Crippen LogP contribution in [0.1, 0.15) is 34.7 Å². The van der Waals surface area contributed by atoms with E-state index in [0.717, 1.165) is 5.56 Å². The van der Waals surface area contributed by atoms with Gasteiger partial charge in [0.1, 0.15) is 17.2 Å². The molecule has 1 atom stereocenters. The van der Waals surface area contributed by atoms with Gasteiger partial charge in [0, 0.05) is 0 Å². The SMILES string of the molecule is Cc1cc(C)c(S(=O)(=O)N[C@@H](C)C(O)(c2ccc(F)cc2)c2ccc(F)cc2)c(C)c1. The smallest absolute Gasteiger partial charge is 0.241 e. The van der Waals surface area contributed by atoms with Gasteiger partial charge in [-0.3, -0.25) is 0 Å². The van der Waals surface area contributed by atoms with E-state index in [9.17, 15) is 22.3 Å². The van der Waals surface area contributed by atoms with Gasteiger partial charge in [-0.05, 0) is 74.2 Å². The van der Waals surface area contributed by atoms with Crippen molar-refractivity contribution in [2.24, 2.45) is 0 Å². The quantitative estimate of drug-likeness (QED) is 0.587. The van der Waals surface area contributed by atoms with Crippen LogP contribution < -0.4 is 4.72 Å². The normalized spacial score (nSPS) is 13.3. The van der Waals surface area contributed by atoms with Gasteiger partial charge in [-0.25, -0.2) is 21.9 Å². The van der Waals surface area contributed by atoms with Gasteiger partial charge >= 0.3 is 0 Å². The molecule has 3 aromatic carbocycles. The fourth-order valence-electron chi connectivity index (χ4n) is 4.04. The molecule has 2 N–H and O–H groups in total. The minimum atomic E-state index is -4.01. The van der Waals surface area contributed by atoms with Crippen molar-refractivity contribution in [3.63, 3.8) is 0 Å². The fourth-order valence-corrected chi connectivity index (χ4v) is 5.76. The Hall–Kier alpha value is -2.61. The summed E-state index contributed by atoms with van der Waals surface area (Å²) in [4.78, 5) is 0.144. The van der Waals surface area contributed by atoms with Gasteiger partial charge in [0.15, 0.2) is 0 Å². The highest BCUT2D eigenvalue weighted by molar-refractivity contribution is 7.89. The van der Waals surface area contributed by atoms with E-state index in [2.05, 4.69) is 4.72 Å². The molecule has 0 radical (unpaired) electrons. The lowest BCUT2D eigenvalue weighted by molar-refractivity contribution is 0.0518. The van der Waals surface area contributed by atoms with Crippen LogP contribution in [0, 0.1) is 32.4 Å². The van der Waals surface area contributed by atoms with Gasteiger partial charge in [0.05, 0.1) is 10.9 Å². The van der Waals surface area contributed by atoms with Crippen LogP contribution in [-0.2, 0) is 15.6 Å². The molecule has 7 heteroatoms. The van der Waals surface area contributed by atoms with E-state index in [-0.39, 0.29) is 16.0 Å². The van der Waals surface area contributed by atoms with Crippen LogP contribution in [0.4, 0.5) is 8.78 Å². The molecule has 4 nitrogen and oxygen atoms in total. The lowest BCUT2D eigenvalue weighted by atomic mass is 9.81. The first-order chi connectivity index (χ1) is 14.4. The Labute approximate surface area is 181 Å². The molecule has 164 valence electrons. The van der Waals surface area contributed by atoms with Crippen LogP contribution in [0.15, 0.2) is 65.6 Å². The molecule has 0 bridgehead atoms. The summed E-state index contributed by atoms with van der Waals surface area (Å²) in [5, 5.41) is 11.7. The van der Waals surface area contributed by atoms with Crippen LogP contribution in [0.3, 0.4) is 0 Å². The number of nitrogens with one attached hydrogen (secondary N) is 1. The molecule has 0 heterocycles. The highest BCUT2D eigenvalue weighted by atomic mass is 32.2. The summed E-state index contributed by atoms with van der Waals surface area (Å²) in [5.74, 6) is -0.992. The number of aliphatic hydroxyl groups is 1. The Morgan fingerprint density at radius 1 is 0.839 bits per heavy atom. The Balaban J connectivity index is 2.10. The lowest BCUT2D eigenvalue weighted by Crippen LogP contribution is -2.49. The van der Waals surface area contributed by atoms with Gasteiger partial charge in [0.25, 0.3) is 0 Å². The summed E-state index contributed by atoms with van der Waals surface area (Å²) in [6.07, 6.45) is 0. The number of halogens is 2. The molecule has 31 heavy (non-hydrogen) atoms. The summed E-state index contributed by atoms with van der Waals surface area (Å²) in [7, 11) is -4.01. The third-order valence-corrected chi connectivity index (χ3v) is 7.25. The molecule has 0 amide bonds. The molecule has 3 aromatic rings. The lowest BCUT2D eigenvalue weighted by Gasteiger charge is -2.36. The number of sulfonamides is 1. The second-order valence-electron chi connectivity index (χ2n) is 7.85. The summed E-state index contributed by atoms with van der Waals surface area (Å²) in [5.41, 5.74) is 0.784. The molecule has 0 aliphatic heterocycles. The predicted octanol–water partition coefficient (Wildman–Crippen LogP) is 4.49. The van der Waals surface area contributed by atoms with Gasteiger partial charge in [0.2, 0.25) is 10.0 Å². The van der Waals surface area contributed by atoms with Gasteiger partial charge in [-0.1, -0.05) is 42.0 Å². The molecule has 3 rings (SSSR count). The van der Waals surface area contributed by atoms with Gasteiger partial charge in [-0.2, -0.15) is 0 Å². The summed E-state index contributed by atoms with van der Waals surface area (Å²) in [6, 6.07) is 12.7. The van der Waals surface area contributed by atoms with Gasteiger partial charge < -0.3 is 5.11 Å². The van der Waals surface area contributed by atoms with Crippen LogP contribution >= 0.6 is 0 Å². The second-order valence-corrected chi connectivity index (χ2v) is 9.50. The minimum Gasteiger partial charge on any atom is -0.379 e. The van der Waals surface area contributed by atoms with Gasteiger partial charge in [-0.15, -0.1) is 0 Å². The average molecular weight is 446 g/mol. The number of rotatable bonds is 6. The molecular formula is C24H25F2NO3S. The van der Waals surface area contributed by atoms with Crippen molar-refractivity contribution in [3.8, 4) is 0 Å². The van der Waals surface area contributed by atoms with Crippen molar-refractivity contribution in [2.45, 2.75) is 44.2 Å². The minimum absolute atomic E-state index is 0.144. The predicted molar refractivity (Wildman–Crippen MR) is 116 cm³/mol. The number of hydrogen-bond donors (Lipinski definition) is 2. The molecule has 0 aromatic heterocycles. The van der Waals surface area contributed by atoms with E-state index < -0.39 is 33.3 Å². The summed E-state index contributed by atoms with van der Waals surface area (Å²) in [6.45, 7) is 6.83. The van der Waals surface area contributed by atoms with Crippen molar-refractivity contribution < 1.29 is 22.3 Å². The first kappa shape index (κ1) is 23.1. The molecule has 0 unspecified atom stereocenters. The van der Waals surface area contributed by atoms with Crippen molar-refractivity contribution in [1.82, 2.24) is 4.72 Å². The monoisotopic (exact) mass is 445 g/mol. The van der Waals surface area contributed by atoms with Crippen molar-refractivity contribution in [3.05, 3.63) is 100 Å². The van der Waals surface area contributed by atoms with E-state index in [1.165, 1.54) is 55.5 Å². The fraction of sp³-hybridized carbons (Fsp3) is 0.250. The zero-order valence-electron chi connectivity index (χ0n) is 17.8. The number of benzene rings is 3. The highest BCUT2D eigenvalue weighted by Gasteiger charge is 2.40. The zero-order valence-corrected chi connectivity index (χ0v) is 18.6. The Morgan fingerprint density at radius 3 is 1.61 bits per heavy atom. The highest BCUT2D eigenvalue weighted by Crippen LogP contribution is 2.34. The maximum absolute atomic E-state index is 13.5. The van der Waals surface area contributed by atoms with Crippen molar-refractivity contribution >= 4 is 10.0 Å². The number of aryl methyl sites for hydroxylation is 3. The van der Waals surface area contributed by atoms with E-state index in [1.807, 2.05) is 6.92 Å². The van der Waals surface area contributed by atoms with Crippen molar-refractivity contribution in [2.75, 3.05) is 0 Å². The molecular weight excluding hydrogens is 420 g/mol. The number of hydrogen-bond acceptors (Lipinski definition) is 3. The Morgan fingerprint density at radius 2 is 1.23 bits per heavy atom. The third kappa shape index (κ3) is 4.54. The van der Waals surface area contributed by atoms with Crippen LogP contribution in [0.5, 0.6) is 0 Å². The Kier molecular flexibility index (Phi) is 6.32. The summed E-state index contributed by atoms with van der Waals surface area (Å²) >= 11 is 0. The maximum Gasteiger partial charge on any atom is 0.241 e. The molecule has 0 saturated carbocycles. The van der Waals surface area contributed by atoms with E-state index in [4.69, 9.17) is 0 Å². The first-order valence-corrected chi connectivity index (χ1v) is 11.3. The average Bonchev–Trinajstić information content (AvgIpc) is 2.67. The molecule has 0 spiro atoms. The Bertz CT molecular complexity index is 1120. The van der Waals surface area contributed by atoms with Crippen LogP contribution in [-0.4, -0.2) is 19.6 Å². The first-order valence-electron chi connectivity index (χ1n) is 9.80. The van der Waals surface area contributed by atoms with Crippen LogP contribution in [0.2, 0.25) is 0 Å². The topological polar surface area (TPSA) is 66.4 Å². The van der Waals surface area contributed by atoms with E-state index in [0.29, 0.717) is 11.1 Å². The molecule has 0 aliphatic rings. The largest absolute Gasteiger partial charge is 0.379 e. The molecule has 0 saturated heterocycles. The van der Waals surface area contributed by atoms with Crippen LogP contribution in [0.25, 0.3) is 0 Å². The third-order valence-electron chi connectivity index (χ3n) is 5.40. The standard InChI is InChI=1S/C24H25F2NO3S/c1-15-13-16(2)23(17(3)14-15)31(29,30)27-18(4)24(28,19-5-9-21(25)10-6-19)20-7-11-22(26)12-8-20/h5-14,18,27-28H,1-4H3/t18-/m0/s1. The summed E-state index contributed by atoms with van der Waals surface area (Å²) < 4.78 is 56.1. The maximum atomic E-state index is 13.5. The van der Waals surface area contributed by atoms with E-state index in [1.54, 1.807) is 26.0 Å².